The van der Waals surface area contributed by atoms with Crippen molar-refractivity contribution in [2.24, 2.45) is 5.84 Å². The average Bonchev–Trinajstić information content (AvgIpc) is 2.92. The molecule has 0 fully saturated rings. The van der Waals surface area contributed by atoms with E-state index in [2.05, 4.69) is 27.9 Å². The van der Waals surface area contributed by atoms with Gasteiger partial charge in [0.25, 0.3) is 0 Å². The minimum absolute atomic E-state index is 0.848. The third-order valence-corrected chi connectivity index (χ3v) is 3.99. The molecular formula is C16H21N3OS. The summed E-state index contributed by atoms with van der Waals surface area (Å²) in [6.07, 6.45) is 7.37. The van der Waals surface area contributed by atoms with Gasteiger partial charge in [-0.15, -0.1) is 11.3 Å². The van der Waals surface area contributed by atoms with Crippen LogP contribution in [0.3, 0.4) is 0 Å². The maximum atomic E-state index is 5.43. The normalized spacial score (nSPS) is 11.0. The molecule has 0 saturated carbocycles. The largest absolute Gasteiger partial charge is 0.496 e. The maximum Gasteiger partial charge on any atom is 0.126 e. The zero-order valence-corrected chi connectivity index (χ0v) is 13.2. The summed E-state index contributed by atoms with van der Waals surface area (Å²) in [7, 11) is 1.67. The number of thiazole rings is 1. The van der Waals surface area contributed by atoms with Crippen molar-refractivity contribution in [2.75, 3.05) is 12.5 Å². The van der Waals surface area contributed by atoms with E-state index in [9.17, 15) is 0 Å². The number of hydrogen-bond acceptors (Lipinski definition) is 5. The zero-order valence-electron chi connectivity index (χ0n) is 12.4. The Balaban J connectivity index is 1.88. The van der Waals surface area contributed by atoms with E-state index in [-0.39, 0.29) is 0 Å². The number of aryl methyl sites for hydroxylation is 2. The van der Waals surface area contributed by atoms with Crippen LogP contribution in [-0.4, -0.2) is 12.1 Å². The Kier molecular flexibility index (Phi) is 5.78. The summed E-state index contributed by atoms with van der Waals surface area (Å²) in [5.74, 6) is 6.28. The van der Waals surface area contributed by atoms with Gasteiger partial charge in [-0.2, -0.15) is 0 Å². The number of benzene rings is 1. The van der Waals surface area contributed by atoms with Crippen LogP contribution in [0.4, 0.5) is 5.69 Å². The van der Waals surface area contributed by atoms with Gasteiger partial charge in [0.2, 0.25) is 0 Å². The molecule has 4 nitrogen and oxygen atoms in total. The van der Waals surface area contributed by atoms with E-state index in [4.69, 9.17) is 10.6 Å². The summed E-state index contributed by atoms with van der Waals surface area (Å²) >= 11 is 1.71. The quantitative estimate of drug-likeness (QED) is 0.464. The van der Waals surface area contributed by atoms with Crippen LogP contribution in [0.25, 0.3) is 6.08 Å². The first-order chi connectivity index (χ1) is 10.2. The lowest BCUT2D eigenvalue weighted by Gasteiger charge is -2.07. The van der Waals surface area contributed by atoms with E-state index < -0.39 is 0 Å². The average molecular weight is 303 g/mol. The number of nitrogens with two attached hydrogens (primary N) is 1. The van der Waals surface area contributed by atoms with E-state index in [1.54, 1.807) is 18.4 Å². The summed E-state index contributed by atoms with van der Waals surface area (Å²) < 4.78 is 5.35. The van der Waals surface area contributed by atoms with Crippen molar-refractivity contribution in [2.45, 2.75) is 26.2 Å². The van der Waals surface area contributed by atoms with Crippen molar-refractivity contribution in [3.05, 3.63) is 45.9 Å². The molecule has 1 aromatic heterocycles. The van der Waals surface area contributed by atoms with E-state index in [1.165, 1.54) is 5.69 Å². The minimum atomic E-state index is 0.848. The number of nitrogens with zero attached hydrogens (tertiary/aromatic N) is 1. The van der Waals surface area contributed by atoms with Crippen LogP contribution in [0, 0.1) is 6.92 Å². The van der Waals surface area contributed by atoms with Gasteiger partial charge in [-0.05, 0) is 44.4 Å². The topological polar surface area (TPSA) is 60.2 Å². The second kappa shape index (κ2) is 7.81. The number of unbranched alkanes of at least 4 members (excludes halogenated alkanes) is 1. The van der Waals surface area contributed by atoms with Crippen molar-refractivity contribution in [1.29, 1.82) is 0 Å². The summed E-state index contributed by atoms with van der Waals surface area (Å²) in [6.45, 7) is 2.04. The standard InChI is InChI=1S/C16H21N3OS/c1-12-18-15(11-21-12)7-5-3-4-6-13-10-14(19-17)8-9-16(13)20-2/h4,6,8-11,19H,3,5,7,17H2,1-2H3/b6-4+. The van der Waals surface area contributed by atoms with Crippen LogP contribution < -0.4 is 16.0 Å². The Hall–Kier alpha value is -1.85. The smallest absolute Gasteiger partial charge is 0.126 e. The predicted octanol–water partition coefficient (Wildman–Crippen LogP) is 3.78. The van der Waals surface area contributed by atoms with Crippen LogP contribution in [0.15, 0.2) is 29.7 Å². The highest BCUT2D eigenvalue weighted by molar-refractivity contribution is 7.09. The molecule has 0 amide bonds. The van der Waals surface area contributed by atoms with Gasteiger partial charge in [-0.25, -0.2) is 4.98 Å². The van der Waals surface area contributed by atoms with E-state index in [1.807, 2.05) is 25.1 Å². The number of methoxy groups -OCH3 is 1. The third kappa shape index (κ3) is 4.58. The summed E-state index contributed by atoms with van der Waals surface area (Å²) in [4.78, 5) is 4.47. The molecule has 0 atom stereocenters. The molecule has 0 aliphatic carbocycles. The SMILES string of the molecule is COc1ccc(NN)cc1/C=C/CCCc1csc(C)n1. The van der Waals surface area contributed by atoms with Gasteiger partial charge in [0, 0.05) is 16.6 Å². The number of hydrogen-bond donors (Lipinski definition) is 2. The number of aromatic nitrogens is 1. The molecule has 3 N–H and O–H groups in total. The number of ether oxygens (including phenoxy) is 1. The lowest BCUT2D eigenvalue weighted by molar-refractivity contribution is 0.414. The molecule has 1 heterocycles. The number of anilines is 1. The Labute approximate surface area is 129 Å². The van der Waals surface area contributed by atoms with E-state index >= 15 is 0 Å². The third-order valence-electron chi connectivity index (χ3n) is 3.16. The number of allylic oxidation sites excluding steroid dienone is 1. The fourth-order valence-corrected chi connectivity index (χ4v) is 2.74. The highest BCUT2D eigenvalue weighted by atomic mass is 32.1. The first-order valence-corrected chi connectivity index (χ1v) is 7.83. The molecule has 2 aromatic rings. The van der Waals surface area contributed by atoms with Gasteiger partial charge in [0.1, 0.15) is 5.75 Å². The van der Waals surface area contributed by atoms with Crippen LogP contribution in [0.5, 0.6) is 5.75 Å². The monoisotopic (exact) mass is 303 g/mol. The van der Waals surface area contributed by atoms with Crippen molar-refractivity contribution in [3.8, 4) is 5.75 Å². The highest BCUT2D eigenvalue weighted by Gasteiger charge is 2.01. The Morgan fingerprint density at radius 2 is 2.29 bits per heavy atom. The molecule has 1 aromatic carbocycles. The molecule has 0 bridgehead atoms. The van der Waals surface area contributed by atoms with Crippen LogP contribution in [-0.2, 0) is 6.42 Å². The van der Waals surface area contributed by atoms with Crippen molar-refractivity contribution < 1.29 is 4.74 Å². The molecule has 112 valence electrons. The molecule has 0 aliphatic heterocycles. The fraction of sp³-hybridized carbons (Fsp3) is 0.312. The molecule has 0 unspecified atom stereocenters. The number of rotatable bonds is 7. The van der Waals surface area contributed by atoms with E-state index in [0.717, 1.165) is 41.3 Å². The maximum absolute atomic E-state index is 5.43. The van der Waals surface area contributed by atoms with Gasteiger partial charge in [-0.1, -0.05) is 12.2 Å². The molecule has 0 spiro atoms. The predicted molar refractivity (Wildman–Crippen MR) is 89.6 cm³/mol. The molecule has 0 saturated heterocycles. The molecular weight excluding hydrogens is 282 g/mol. The van der Waals surface area contributed by atoms with Gasteiger partial charge in [0.05, 0.1) is 17.8 Å². The highest BCUT2D eigenvalue weighted by Crippen LogP contribution is 2.23. The molecule has 5 heteroatoms. The number of nitrogen functional groups attached to an aromatic ring is 1. The van der Waals surface area contributed by atoms with Crippen molar-refractivity contribution in [3.63, 3.8) is 0 Å². The Bertz CT molecular complexity index is 607. The second-order valence-corrected chi connectivity index (χ2v) is 5.82. The summed E-state index contributed by atoms with van der Waals surface area (Å²) in [6, 6.07) is 5.77. The van der Waals surface area contributed by atoms with Gasteiger partial charge >= 0.3 is 0 Å². The number of nitrogens with one attached hydrogen (secondary N) is 1. The first kappa shape index (κ1) is 15.5. The summed E-state index contributed by atoms with van der Waals surface area (Å²) in [5.41, 5.74) is 5.73. The van der Waals surface area contributed by atoms with E-state index in [0.29, 0.717) is 0 Å². The molecule has 0 aliphatic rings. The Morgan fingerprint density at radius 1 is 1.43 bits per heavy atom. The first-order valence-electron chi connectivity index (χ1n) is 6.95. The second-order valence-electron chi connectivity index (χ2n) is 4.75. The van der Waals surface area contributed by atoms with Gasteiger partial charge < -0.3 is 10.2 Å². The lowest BCUT2D eigenvalue weighted by Crippen LogP contribution is -2.06. The van der Waals surface area contributed by atoms with Crippen molar-refractivity contribution in [1.82, 2.24) is 4.98 Å². The van der Waals surface area contributed by atoms with Crippen molar-refractivity contribution >= 4 is 23.1 Å². The van der Waals surface area contributed by atoms with Crippen LogP contribution in [0.2, 0.25) is 0 Å². The fourth-order valence-electron chi connectivity index (χ4n) is 2.09. The van der Waals surface area contributed by atoms with Crippen LogP contribution in [0.1, 0.15) is 29.1 Å². The molecule has 21 heavy (non-hydrogen) atoms. The zero-order chi connectivity index (χ0) is 15.1. The molecule has 2 rings (SSSR count). The molecule has 0 radical (unpaired) electrons. The lowest BCUT2D eigenvalue weighted by atomic mass is 10.1. The van der Waals surface area contributed by atoms with Crippen LogP contribution >= 0.6 is 11.3 Å². The summed E-state index contributed by atoms with van der Waals surface area (Å²) in [5, 5.41) is 3.27. The van der Waals surface area contributed by atoms with Gasteiger partial charge in [-0.3, -0.25) is 5.84 Å². The number of hydrazine groups is 1. The Morgan fingerprint density at radius 3 is 2.95 bits per heavy atom. The minimum Gasteiger partial charge on any atom is -0.496 e. The van der Waals surface area contributed by atoms with Gasteiger partial charge in [0.15, 0.2) is 0 Å².